The van der Waals surface area contributed by atoms with Crippen LogP contribution in [0.1, 0.15) is 26.2 Å². The van der Waals surface area contributed by atoms with Gasteiger partial charge in [0.2, 0.25) is 5.91 Å². The van der Waals surface area contributed by atoms with Crippen molar-refractivity contribution in [1.82, 2.24) is 4.98 Å². The summed E-state index contributed by atoms with van der Waals surface area (Å²) in [5, 5.41) is 5.27. The van der Waals surface area contributed by atoms with Crippen LogP contribution in [0, 0.1) is 0 Å². The van der Waals surface area contributed by atoms with Crippen LogP contribution in [0.15, 0.2) is 47.1 Å². The average Bonchev–Trinajstić information content (AvgIpc) is 3.00. The van der Waals surface area contributed by atoms with Gasteiger partial charge in [-0.25, -0.2) is 4.98 Å². The lowest BCUT2D eigenvalue weighted by molar-refractivity contribution is -0.114. The zero-order valence-electron chi connectivity index (χ0n) is 13.9. The van der Waals surface area contributed by atoms with Gasteiger partial charge < -0.3 is 11.1 Å². The van der Waals surface area contributed by atoms with Crippen molar-refractivity contribution in [2.75, 3.05) is 11.9 Å². The predicted octanol–water partition coefficient (Wildman–Crippen LogP) is 4.87. The molecule has 0 aliphatic heterocycles. The number of nitrogens with two attached hydrogens (primary N) is 1. The standard InChI is InChI=1S/C19H19Cl2N3O/c1-2-12-7-11(8-14(12)19(22)25)5-6-23-18-4-3-13-9-15(20)16(21)10-17(13)24-18/h3-4,8-10H,2,5-7H2,1H3,(H2,22,25)(H,23,24). The van der Waals surface area contributed by atoms with Crippen LogP contribution in [0.25, 0.3) is 10.9 Å². The third-order valence-corrected chi connectivity index (χ3v) is 5.07. The second-order valence-electron chi connectivity index (χ2n) is 6.05. The number of hydrogen-bond acceptors (Lipinski definition) is 3. The van der Waals surface area contributed by atoms with E-state index in [1.165, 1.54) is 5.57 Å². The Balaban J connectivity index is 1.63. The quantitative estimate of drug-likeness (QED) is 0.756. The molecular weight excluding hydrogens is 357 g/mol. The molecule has 3 N–H and O–H groups in total. The van der Waals surface area contributed by atoms with E-state index in [0.29, 0.717) is 15.6 Å². The summed E-state index contributed by atoms with van der Waals surface area (Å²) < 4.78 is 0. The summed E-state index contributed by atoms with van der Waals surface area (Å²) in [5.41, 5.74) is 9.24. The Morgan fingerprint density at radius 2 is 2.04 bits per heavy atom. The van der Waals surface area contributed by atoms with Crippen molar-refractivity contribution in [3.63, 3.8) is 0 Å². The fourth-order valence-electron chi connectivity index (χ4n) is 3.02. The Morgan fingerprint density at radius 1 is 1.28 bits per heavy atom. The number of anilines is 1. The summed E-state index contributed by atoms with van der Waals surface area (Å²) in [5.74, 6) is 0.440. The summed E-state index contributed by atoms with van der Waals surface area (Å²) in [6.45, 7) is 2.78. The number of carbonyl (C=O) groups excluding carboxylic acids is 1. The number of pyridine rings is 1. The number of carbonyl (C=O) groups is 1. The third kappa shape index (κ3) is 3.97. The Hall–Kier alpha value is -2.04. The van der Waals surface area contributed by atoms with E-state index in [1.54, 1.807) is 6.07 Å². The lowest BCUT2D eigenvalue weighted by atomic mass is 10.1. The molecule has 0 spiro atoms. The maximum Gasteiger partial charge on any atom is 0.248 e. The highest BCUT2D eigenvalue weighted by molar-refractivity contribution is 6.42. The molecule has 6 heteroatoms. The van der Waals surface area contributed by atoms with E-state index in [2.05, 4.69) is 10.3 Å². The molecule has 25 heavy (non-hydrogen) atoms. The first-order chi connectivity index (χ1) is 12.0. The molecule has 0 saturated carbocycles. The van der Waals surface area contributed by atoms with E-state index in [-0.39, 0.29) is 5.91 Å². The van der Waals surface area contributed by atoms with Gasteiger partial charge in [0.1, 0.15) is 5.82 Å². The number of nitrogens with one attached hydrogen (secondary N) is 1. The van der Waals surface area contributed by atoms with Gasteiger partial charge in [-0.05, 0) is 49.6 Å². The summed E-state index contributed by atoms with van der Waals surface area (Å²) in [7, 11) is 0. The smallest absolute Gasteiger partial charge is 0.248 e. The fourth-order valence-corrected chi connectivity index (χ4v) is 3.35. The SMILES string of the molecule is CCC1=C(C(N)=O)C=C(CCNc2ccc3cc(Cl)c(Cl)cc3n2)C1. The molecule has 1 aliphatic rings. The minimum absolute atomic E-state index is 0.341. The van der Waals surface area contributed by atoms with Gasteiger partial charge in [0, 0.05) is 17.5 Å². The van der Waals surface area contributed by atoms with Gasteiger partial charge in [0.15, 0.2) is 0 Å². The van der Waals surface area contributed by atoms with Crippen LogP contribution in [0.2, 0.25) is 10.0 Å². The fraction of sp³-hybridized carbons (Fsp3) is 0.263. The number of hydrogen-bond donors (Lipinski definition) is 2. The lowest BCUT2D eigenvalue weighted by Crippen LogP contribution is -2.12. The molecule has 1 heterocycles. The number of fused-ring (bicyclic) bond motifs is 1. The Bertz CT molecular complexity index is 903. The van der Waals surface area contributed by atoms with Crippen molar-refractivity contribution in [1.29, 1.82) is 0 Å². The van der Waals surface area contributed by atoms with E-state index in [1.807, 2.05) is 31.2 Å². The van der Waals surface area contributed by atoms with Crippen molar-refractivity contribution < 1.29 is 4.79 Å². The maximum absolute atomic E-state index is 11.5. The van der Waals surface area contributed by atoms with Crippen LogP contribution in [0.5, 0.6) is 0 Å². The number of aromatic nitrogens is 1. The first-order valence-electron chi connectivity index (χ1n) is 8.19. The van der Waals surface area contributed by atoms with Crippen molar-refractivity contribution in [2.24, 2.45) is 5.73 Å². The first kappa shape index (κ1) is 17.8. The van der Waals surface area contributed by atoms with Gasteiger partial charge in [-0.15, -0.1) is 0 Å². The number of halogens is 2. The molecule has 0 saturated heterocycles. The molecule has 2 aromatic rings. The van der Waals surface area contributed by atoms with Crippen LogP contribution < -0.4 is 11.1 Å². The zero-order chi connectivity index (χ0) is 18.0. The summed E-state index contributed by atoms with van der Waals surface area (Å²) in [6.07, 6.45) is 4.44. The van der Waals surface area contributed by atoms with Crippen LogP contribution in [-0.4, -0.2) is 17.4 Å². The number of benzene rings is 1. The van der Waals surface area contributed by atoms with Crippen molar-refractivity contribution in [3.05, 3.63) is 57.1 Å². The van der Waals surface area contributed by atoms with Crippen molar-refractivity contribution >= 4 is 45.8 Å². The van der Waals surface area contributed by atoms with E-state index in [0.717, 1.165) is 48.1 Å². The Labute approximate surface area is 156 Å². The summed E-state index contributed by atoms with van der Waals surface area (Å²) >= 11 is 12.1. The van der Waals surface area contributed by atoms with E-state index in [4.69, 9.17) is 28.9 Å². The number of rotatable bonds is 6. The molecule has 0 radical (unpaired) electrons. The van der Waals surface area contributed by atoms with E-state index < -0.39 is 0 Å². The van der Waals surface area contributed by atoms with Crippen LogP contribution in [0.4, 0.5) is 5.82 Å². The van der Waals surface area contributed by atoms with Gasteiger partial charge in [0.05, 0.1) is 15.6 Å². The highest BCUT2D eigenvalue weighted by atomic mass is 35.5. The Morgan fingerprint density at radius 3 is 2.72 bits per heavy atom. The molecule has 130 valence electrons. The highest BCUT2D eigenvalue weighted by Gasteiger charge is 2.17. The van der Waals surface area contributed by atoms with Gasteiger partial charge in [-0.2, -0.15) is 0 Å². The lowest BCUT2D eigenvalue weighted by Gasteiger charge is -2.08. The molecule has 0 atom stereocenters. The molecular formula is C19H19Cl2N3O. The molecule has 3 rings (SSSR count). The molecule has 0 unspecified atom stereocenters. The average molecular weight is 376 g/mol. The van der Waals surface area contributed by atoms with E-state index in [9.17, 15) is 4.79 Å². The molecule has 1 amide bonds. The molecule has 0 bridgehead atoms. The molecule has 4 nitrogen and oxygen atoms in total. The molecule has 1 aromatic heterocycles. The largest absolute Gasteiger partial charge is 0.370 e. The molecule has 0 fully saturated rings. The van der Waals surface area contributed by atoms with Gasteiger partial charge >= 0.3 is 0 Å². The number of nitrogens with zero attached hydrogens (tertiary/aromatic N) is 1. The van der Waals surface area contributed by atoms with Gasteiger partial charge in [-0.1, -0.05) is 41.3 Å². The first-order valence-corrected chi connectivity index (χ1v) is 8.94. The Kier molecular flexibility index (Phi) is 5.30. The van der Waals surface area contributed by atoms with Crippen molar-refractivity contribution in [3.8, 4) is 0 Å². The second-order valence-corrected chi connectivity index (χ2v) is 6.86. The molecule has 1 aromatic carbocycles. The maximum atomic E-state index is 11.5. The number of primary amides is 1. The third-order valence-electron chi connectivity index (χ3n) is 4.35. The predicted molar refractivity (Wildman–Crippen MR) is 104 cm³/mol. The minimum Gasteiger partial charge on any atom is -0.370 e. The number of amides is 1. The van der Waals surface area contributed by atoms with Gasteiger partial charge in [0.25, 0.3) is 0 Å². The number of allylic oxidation sites excluding steroid dienone is 1. The minimum atomic E-state index is -0.341. The normalized spacial score (nSPS) is 14.1. The summed E-state index contributed by atoms with van der Waals surface area (Å²) in [6, 6.07) is 7.45. The van der Waals surface area contributed by atoms with Crippen LogP contribution >= 0.6 is 23.2 Å². The zero-order valence-corrected chi connectivity index (χ0v) is 15.4. The monoisotopic (exact) mass is 375 g/mol. The van der Waals surface area contributed by atoms with Crippen LogP contribution in [0.3, 0.4) is 0 Å². The topological polar surface area (TPSA) is 68.0 Å². The summed E-state index contributed by atoms with van der Waals surface area (Å²) in [4.78, 5) is 16.0. The van der Waals surface area contributed by atoms with Crippen LogP contribution in [-0.2, 0) is 4.79 Å². The molecule has 1 aliphatic carbocycles. The highest BCUT2D eigenvalue weighted by Crippen LogP contribution is 2.30. The van der Waals surface area contributed by atoms with Crippen molar-refractivity contribution in [2.45, 2.75) is 26.2 Å². The van der Waals surface area contributed by atoms with Gasteiger partial charge in [-0.3, -0.25) is 4.79 Å². The second kappa shape index (κ2) is 7.46. The van der Waals surface area contributed by atoms with E-state index >= 15 is 0 Å².